The maximum absolute atomic E-state index is 12.5. The monoisotopic (exact) mass is 518 g/mol. The van der Waals surface area contributed by atoms with Gasteiger partial charge in [-0.1, -0.05) is 79.7 Å². The fourth-order valence-corrected chi connectivity index (χ4v) is 6.65. The van der Waals surface area contributed by atoms with E-state index in [1.54, 1.807) is 6.07 Å². The molecule has 3 aromatic carbocycles. The molecule has 3 aromatic rings. The summed E-state index contributed by atoms with van der Waals surface area (Å²) in [6.45, 7) is 5.53. The van der Waals surface area contributed by atoms with Gasteiger partial charge in [-0.15, -0.1) is 0 Å². The van der Waals surface area contributed by atoms with Crippen molar-refractivity contribution < 1.29 is 17.4 Å². The van der Waals surface area contributed by atoms with Crippen LogP contribution in [0.1, 0.15) is 36.5 Å². The van der Waals surface area contributed by atoms with Crippen LogP contribution in [0.3, 0.4) is 0 Å². The lowest BCUT2D eigenvalue weighted by Gasteiger charge is -2.24. The first-order valence-electron chi connectivity index (χ1n) is 13.0. The smallest absolute Gasteiger partial charge is 0.330 e. The molecule has 1 saturated heterocycles. The summed E-state index contributed by atoms with van der Waals surface area (Å²) in [7, 11) is -4.25. The van der Waals surface area contributed by atoms with Gasteiger partial charge in [0.2, 0.25) is 0 Å². The number of aryl methyl sites for hydroxylation is 2. The van der Waals surface area contributed by atoms with E-state index in [2.05, 4.69) is 52.9 Å². The quantitative estimate of drug-likeness (QED) is 0.388. The van der Waals surface area contributed by atoms with E-state index in [9.17, 15) is 13.2 Å². The van der Waals surface area contributed by atoms with Gasteiger partial charge in [-0.05, 0) is 66.5 Å². The summed E-state index contributed by atoms with van der Waals surface area (Å²) in [4.78, 5) is 14.7. The van der Waals surface area contributed by atoms with Crippen molar-refractivity contribution in [2.75, 3.05) is 24.4 Å². The van der Waals surface area contributed by atoms with Crippen LogP contribution in [0.25, 0.3) is 0 Å². The number of nitrogens with zero attached hydrogens (tertiary/aromatic N) is 1. The standard InChI is InChI=1S/C30H34N2O4S/c1-30(27-21-32(22-28(27)30)19-9-14-23-10-4-2-5-11-23)25-15-8-16-26(20-25)31-37(34,35)36-29(33)18-17-24-12-6-3-7-13-24/h2-8,10-13,15-16,20,27-28,31H,9,14,17-19,21-22H2,1H3. The lowest BCUT2D eigenvalue weighted by atomic mass is 9.92. The number of hydrogen-bond donors (Lipinski definition) is 1. The Labute approximate surface area is 219 Å². The van der Waals surface area contributed by atoms with E-state index in [0.717, 1.165) is 43.6 Å². The fraction of sp³-hybridized carbons (Fsp3) is 0.367. The topological polar surface area (TPSA) is 75.7 Å². The summed E-state index contributed by atoms with van der Waals surface area (Å²) < 4.78 is 32.2. The third kappa shape index (κ3) is 6.05. The molecule has 5 rings (SSSR count). The highest BCUT2D eigenvalue weighted by Gasteiger charge is 2.65. The zero-order valence-electron chi connectivity index (χ0n) is 21.2. The maximum Gasteiger partial charge on any atom is 0.409 e. The minimum atomic E-state index is -4.25. The molecule has 2 atom stereocenters. The molecule has 1 aliphatic carbocycles. The van der Waals surface area contributed by atoms with Crippen LogP contribution in [0.15, 0.2) is 84.9 Å². The van der Waals surface area contributed by atoms with Crippen molar-refractivity contribution in [1.29, 1.82) is 0 Å². The summed E-state index contributed by atoms with van der Waals surface area (Å²) in [6, 6.07) is 27.6. The van der Waals surface area contributed by atoms with Crippen molar-refractivity contribution in [3.8, 4) is 0 Å². The van der Waals surface area contributed by atoms with Gasteiger partial charge in [0.25, 0.3) is 0 Å². The van der Waals surface area contributed by atoms with Crippen molar-refractivity contribution in [3.05, 3.63) is 102 Å². The second-order valence-corrected chi connectivity index (χ2v) is 11.7. The van der Waals surface area contributed by atoms with Crippen molar-refractivity contribution >= 4 is 22.0 Å². The molecule has 2 fully saturated rings. The second kappa shape index (κ2) is 10.7. The van der Waals surface area contributed by atoms with Crippen molar-refractivity contribution in [2.24, 2.45) is 11.8 Å². The van der Waals surface area contributed by atoms with Gasteiger partial charge in [-0.3, -0.25) is 9.52 Å². The Balaban J connectivity index is 1.12. The summed E-state index contributed by atoms with van der Waals surface area (Å²) in [5.74, 6) is 0.377. The van der Waals surface area contributed by atoms with Gasteiger partial charge in [-0.2, -0.15) is 8.42 Å². The van der Waals surface area contributed by atoms with E-state index in [1.807, 2.05) is 42.5 Å². The predicted octanol–water partition coefficient (Wildman–Crippen LogP) is 4.97. The van der Waals surface area contributed by atoms with E-state index in [-0.39, 0.29) is 11.8 Å². The highest BCUT2D eigenvalue weighted by molar-refractivity contribution is 7.88. The number of rotatable bonds is 11. The Morgan fingerprint density at radius 2 is 1.54 bits per heavy atom. The van der Waals surface area contributed by atoms with E-state index < -0.39 is 16.3 Å². The average molecular weight is 519 g/mol. The molecular weight excluding hydrogens is 484 g/mol. The highest BCUT2D eigenvalue weighted by atomic mass is 32.2. The van der Waals surface area contributed by atoms with Gasteiger partial charge < -0.3 is 9.08 Å². The molecule has 1 N–H and O–H groups in total. The number of hydrogen-bond acceptors (Lipinski definition) is 5. The van der Waals surface area contributed by atoms with Gasteiger partial charge in [0, 0.05) is 18.5 Å². The van der Waals surface area contributed by atoms with E-state index >= 15 is 0 Å². The molecular formula is C30H34N2O4S. The lowest BCUT2D eigenvalue weighted by Crippen LogP contribution is -2.30. The number of anilines is 1. The Morgan fingerprint density at radius 1 is 0.919 bits per heavy atom. The Kier molecular flexibility index (Phi) is 7.36. The normalized spacial score (nSPS) is 22.8. The Hall–Kier alpha value is -3.16. The van der Waals surface area contributed by atoms with E-state index in [0.29, 0.717) is 23.9 Å². The number of benzene rings is 3. The minimum absolute atomic E-state index is 0.00571. The molecule has 7 heteroatoms. The van der Waals surface area contributed by atoms with Crippen molar-refractivity contribution in [3.63, 3.8) is 0 Å². The zero-order valence-corrected chi connectivity index (χ0v) is 22.0. The molecule has 6 nitrogen and oxygen atoms in total. The SMILES string of the molecule is CC1(c2cccc(NS(=O)(=O)OC(=O)CCc3ccccc3)c2)C2CN(CCCc3ccccc3)CC21. The summed E-state index contributed by atoms with van der Waals surface area (Å²) in [5.41, 5.74) is 3.93. The van der Waals surface area contributed by atoms with Crippen LogP contribution < -0.4 is 4.72 Å². The molecule has 0 amide bonds. The molecule has 2 aliphatic rings. The molecule has 0 aromatic heterocycles. The van der Waals surface area contributed by atoms with Gasteiger partial charge in [-0.25, -0.2) is 0 Å². The van der Waals surface area contributed by atoms with Crippen LogP contribution in [0.2, 0.25) is 0 Å². The van der Waals surface area contributed by atoms with Crippen LogP contribution in [-0.4, -0.2) is 38.9 Å². The molecule has 2 unspecified atom stereocenters. The van der Waals surface area contributed by atoms with Crippen LogP contribution in [0.5, 0.6) is 0 Å². The maximum atomic E-state index is 12.5. The molecule has 194 valence electrons. The number of carbonyl (C=O) groups is 1. The van der Waals surface area contributed by atoms with E-state index in [1.165, 1.54) is 5.56 Å². The second-order valence-electron chi connectivity index (χ2n) is 10.4. The zero-order chi connectivity index (χ0) is 25.9. The number of fused-ring (bicyclic) bond motifs is 1. The van der Waals surface area contributed by atoms with Crippen LogP contribution in [0, 0.1) is 11.8 Å². The summed E-state index contributed by atoms with van der Waals surface area (Å²) in [6.07, 6.45) is 2.67. The summed E-state index contributed by atoms with van der Waals surface area (Å²) in [5, 5.41) is 0. The summed E-state index contributed by atoms with van der Waals surface area (Å²) >= 11 is 0. The third-order valence-electron chi connectivity index (χ3n) is 8.00. The van der Waals surface area contributed by atoms with Gasteiger partial charge in [0.1, 0.15) is 0 Å². The van der Waals surface area contributed by atoms with Crippen LogP contribution >= 0.6 is 0 Å². The first-order chi connectivity index (χ1) is 17.8. The molecule has 37 heavy (non-hydrogen) atoms. The highest BCUT2D eigenvalue weighted by Crippen LogP contribution is 2.63. The molecule has 0 bridgehead atoms. The van der Waals surface area contributed by atoms with Crippen LogP contribution in [-0.2, 0) is 37.5 Å². The number of piperidine rings is 1. The first-order valence-corrected chi connectivity index (χ1v) is 14.4. The molecule has 1 heterocycles. The van der Waals surface area contributed by atoms with Crippen LogP contribution in [0.4, 0.5) is 5.69 Å². The number of likely N-dealkylation sites (tertiary alicyclic amines) is 1. The predicted molar refractivity (Wildman–Crippen MR) is 145 cm³/mol. The number of nitrogens with one attached hydrogen (secondary N) is 1. The van der Waals surface area contributed by atoms with Gasteiger partial charge in [0.15, 0.2) is 0 Å². The molecule has 1 saturated carbocycles. The number of carbonyl (C=O) groups excluding carboxylic acids is 1. The first kappa shape index (κ1) is 25.5. The largest absolute Gasteiger partial charge is 0.409 e. The Morgan fingerprint density at radius 3 is 2.19 bits per heavy atom. The van der Waals surface area contributed by atoms with Crippen molar-refractivity contribution in [2.45, 2.75) is 38.0 Å². The molecule has 0 spiro atoms. The third-order valence-corrected chi connectivity index (χ3v) is 8.89. The molecule has 1 aliphatic heterocycles. The Bertz CT molecular complexity index is 1320. The van der Waals surface area contributed by atoms with Crippen molar-refractivity contribution in [1.82, 2.24) is 4.90 Å². The molecule has 0 radical (unpaired) electrons. The lowest BCUT2D eigenvalue weighted by molar-refractivity contribution is -0.133. The minimum Gasteiger partial charge on any atom is -0.330 e. The van der Waals surface area contributed by atoms with E-state index in [4.69, 9.17) is 4.18 Å². The van der Waals surface area contributed by atoms with Gasteiger partial charge >= 0.3 is 16.3 Å². The fourth-order valence-electron chi connectivity index (χ4n) is 5.86. The average Bonchev–Trinajstić information content (AvgIpc) is 3.21. The van der Waals surface area contributed by atoms with Gasteiger partial charge in [0.05, 0.1) is 12.1 Å².